The molecule has 2 rings (SSSR count). The molecule has 1 aromatic rings. The van der Waals surface area contributed by atoms with Crippen molar-refractivity contribution in [2.45, 2.75) is 43.9 Å². The number of carboxylic acids is 2. The third kappa shape index (κ3) is 3.61. The minimum Gasteiger partial charge on any atom is -0.481 e. The molecule has 0 radical (unpaired) electrons. The predicted molar refractivity (Wildman–Crippen MR) is 84.1 cm³/mol. The number of hydrogen-bond acceptors (Lipinski definition) is 2. The fourth-order valence-electron chi connectivity index (χ4n) is 3.26. The van der Waals surface area contributed by atoms with Crippen molar-refractivity contribution in [3.05, 3.63) is 35.9 Å². The van der Waals surface area contributed by atoms with Gasteiger partial charge in [0.25, 0.3) is 0 Å². The van der Waals surface area contributed by atoms with Crippen LogP contribution in [0.3, 0.4) is 0 Å². The van der Waals surface area contributed by atoms with Gasteiger partial charge in [-0.15, -0.1) is 11.6 Å². The van der Waals surface area contributed by atoms with Crippen LogP contribution in [0.25, 0.3) is 0 Å². The lowest BCUT2D eigenvalue weighted by Crippen LogP contribution is -2.44. The summed E-state index contributed by atoms with van der Waals surface area (Å²) in [6.45, 7) is 0. The number of carboxylic acid groups (broad SMARTS) is 2. The first-order valence-electron chi connectivity index (χ1n) is 7.60. The van der Waals surface area contributed by atoms with Crippen LogP contribution in [0.4, 0.5) is 0 Å². The smallest absolute Gasteiger partial charge is 0.311 e. The minimum atomic E-state index is -0.998. The van der Waals surface area contributed by atoms with E-state index in [1.807, 2.05) is 30.3 Å². The number of aliphatic carboxylic acids is 2. The molecule has 0 spiro atoms. The van der Waals surface area contributed by atoms with Gasteiger partial charge in [0, 0.05) is 0 Å². The van der Waals surface area contributed by atoms with Crippen molar-refractivity contribution in [2.75, 3.05) is 0 Å². The summed E-state index contributed by atoms with van der Waals surface area (Å²) in [6, 6.07) is 9.83. The fraction of sp³-hybridized carbons (Fsp3) is 0.529. The van der Waals surface area contributed by atoms with Gasteiger partial charge in [-0.1, -0.05) is 30.3 Å². The molecule has 1 aliphatic rings. The quantitative estimate of drug-likeness (QED) is 0.784. The molecule has 22 heavy (non-hydrogen) atoms. The van der Waals surface area contributed by atoms with E-state index in [2.05, 4.69) is 0 Å². The lowest BCUT2D eigenvalue weighted by atomic mass is 9.67. The number of benzene rings is 1. The molecule has 1 unspecified atom stereocenters. The molecule has 0 heterocycles. The zero-order valence-corrected chi connectivity index (χ0v) is 13.1. The van der Waals surface area contributed by atoms with Crippen molar-refractivity contribution in [2.24, 2.45) is 11.3 Å². The van der Waals surface area contributed by atoms with Crippen molar-refractivity contribution in [1.82, 2.24) is 0 Å². The van der Waals surface area contributed by atoms with Crippen LogP contribution in [0.1, 0.15) is 37.7 Å². The number of alkyl halides is 1. The van der Waals surface area contributed by atoms with Gasteiger partial charge >= 0.3 is 11.9 Å². The predicted octanol–water partition coefficient (Wildman–Crippen LogP) is 3.57. The molecule has 0 aromatic heterocycles. The summed E-state index contributed by atoms with van der Waals surface area (Å²) in [5.41, 5.74) is 0.135. The normalized spacial score (nSPS) is 26.3. The third-order valence-electron chi connectivity index (χ3n) is 4.78. The largest absolute Gasteiger partial charge is 0.481 e. The Kier molecular flexibility index (Phi) is 5.46. The molecule has 0 bridgehead atoms. The van der Waals surface area contributed by atoms with Gasteiger partial charge in [0.05, 0.1) is 16.7 Å². The van der Waals surface area contributed by atoms with E-state index in [4.69, 9.17) is 16.7 Å². The summed E-state index contributed by atoms with van der Waals surface area (Å²) < 4.78 is 0. The Balaban J connectivity index is 2.01. The lowest BCUT2D eigenvalue weighted by Gasteiger charge is -2.39. The van der Waals surface area contributed by atoms with E-state index in [0.29, 0.717) is 32.1 Å². The first kappa shape index (κ1) is 16.8. The third-order valence-corrected chi connectivity index (χ3v) is 5.42. The topological polar surface area (TPSA) is 74.6 Å². The molecule has 0 aliphatic heterocycles. The average molecular weight is 325 g/mol. The van der Waals surface area contributed by atoms with Crippen molar-refractivity contribution in [1.29, 1.82) is 0 Å². The molecule has 5 heteroatoms. The molecule has 0 amide bonds. The maximum atomic E-state index is 11.8. The van der Waals surface area contributed by atoms with Crippen molar-refractivity contribution < 1.29 is 19.8 Å². The Morgan fingerprint density at radius 1 is 1.18 bits per heavy atom. The van der Waals surface area contributed by atoms with Crippen LogP contribution in [-0.4, -0.2) is 27.5 Å². The Morgan fingerprint density at radius 3 is 2.27 bits per heavy atom. The van der Waals surface area contributed by atoms with Crippen LogP contribution in [0.15, 0.2) is 30.3 Å². The van der Waals surface area contributed by atoms with E-state index in [1.165, 1.54) is 0 Å². The molecule has 120 valence electrons. The number of halogens is 1. The van der Waals surface area contributed by atoms with Crippen LogP contribution >= 0.6 is 11.6 Å². The maximum absolute atomic E-state index is 11.8. The molecular weight excluding hydrogens is 304 g/mol. The molecule has 1 saturated carbocycles. The number of rotatable bonds is 6. The Morgan fingerprint density at radius 2 is 1.77 bits per heavy atom. The van der Waals surface area contributed by atoms with Gasteiger partial charge in [-0.2, -0.15) is 0 Å². The second-order valence-electron chi connectivity index (χ2n) is 6.07. The van der Waals surface area contributed by atoms with Gasteiger partial charge in [0.1, 0.15) is 0 Å². The number of carbonyl (C=O) groups is 2. The highest BCUT2D eigenvalue weighted by Crippen LogP contribution is 2.45. The van der Waals surface area contributed by atoms with E-state index >= 15 is 0 Å². The van der Waals surface area contributed by atoms with Gasteiger partial charge < -0.3 is 10.2 Å². The summed E-state index contributed by atoms with van der Waals surface area (Å²) >= 11 is 6.46. The molecule has 1 fully saturated rings. The summed E-state index contributed by atoms with van der Waals surface area (Å²) in [7, 11) is 0. The maximum Gasteiger partial charge on any atom is 0.311 e. The highest BCUT2D eigenvalue weighted by molar-refractivity contribution is 6.22. The Bertz CT molecular complexity index is 521. The standard InChI is InChI=1S/C17H21ClO4/c18-14(7-6-12-4-2-1-3-5-12)17(16(21)22)10-8-13(9-11-17)15(19)20/h1-5,13-14H,6-11H2,(H,19,20)(H,21,22). The van der Waals surface area contributed by atoms with Crippen LogP contribution in [-0.2, 0) is 16.0 Å². The van der Waals surface area contributed by atoms with E-state index < -0.39 is 28.6 Å². The molecule has 0 saturated heterocycles. The van der Waals surface area contributed by atoms with Crippen molar-refractivity contribution in [3.8, 4) is 0 Å². The molecule has 1 atom stereocenters. The zero-order chi connectivity index (χ0) is 16.2. The second-order valence-corrected chi connectivity index (χ2v) is 6.59. The number of aryl methyl sites for hydroxylation is 1. The second kappa shape index (κ2) is 7.14. The van der Waals surface area contributed by atoms with Gasteiger partial charge in [-0.25, -0.2) is 0 Å². The SMILES string of the molecule is O=C(O)C1CCC(C(=O)O)(C(Cl)CCc2ccccc2)CC1. The summed E-state index contributed by atoms with van der Waals surface area (Å²) in [5, 5.41) is 18.2. The molecule has 1 aromatic carbocycles. The number of hydrogen-bond donors (Lipinski definition) is 2. The summed E-state index contributed by atoms with van der Waals surface area (Å²) in [6.07, 6.45) is 2.75. The van der Waals surface area contributed by atoms with Crippen LogP contribution < -0.4 is 0 Å². The minimum absolute atomic E-state index is 0.336. The highest BCUT2D eigenvalue weighted by Gasteiger charge is 2.48. The van der Waals surface area contributed by atoms with Crippen molar-refractivity contribution in [3.63, 3.8) is 0 Å². The Labute approximate surface area is 135 Å². The average Bonchev–Trinajstić information content (AvgIpc) is 2.53. The van der Waals surface area contributed by atoms with Gasteiger partial charge in [-0.3, -0.25) is 9.59 Å². The Hall–Kier alpha value is -1.55. The zero-order valence-electron chi connectivity index (χ0n) is 12.4. The van der Waals surface area contributed by atoms with E-state index in [1.54, 1.807) is 0 Å². The highest BCUT2D eigenvalue weighted by atomic mass is 35.5. The van der Waals surface area contributed by atoms with Crippen LogP contribution in [0, 0.1) is 11.3 Å². The summed E-state index contributed by atoms with van der Waals surface area (Å²) in [5.74, 6) is -2.18. The van der Waals surface area contributed by atoms with E-state index in [9.17, 15) is 14.7 Å². The first-order valence-corrected chi connectivity index (χ1v) is 8.03. The fourth-order valence-corrected chi connectivity index (χ4v) is 3.68. The van der Waals surface area contributed by atoms with Crippen molar-refractivity contribution >= 4 is 23.5 Å². The van der Waals surface area contributed by atoms with Crippen LogP contribution in [0.2, 0.25) is 0 Å². The van der Waals surface area contributed by atoms with Crippen LogP contribution in [0.5, 0.6) is 0 Å². The lowest BCUT2D eigenvalue weighted by molar-refractivity contribution is -0.155. The molecule has 1 aliphatic carbocycles. The monoisotopic (exact) mass is 324 g/mol. The molecule has 2 N–H and O–H groups in total. The van der Waals surface area contributed by atoms with Gasteiger partial charge in [0.15, 0.2) is 0 Å². The van der Waals surface area contributed by atoms with E-state index in [-0.39, 0.29) is 0 Å². The van der Waals surface area contributed by atoms with Gasteiger partial charge in [-0.05, 0) is 44.1 Å². The molecular formula is C17H21ClO4. The first-order chi connectivity index (χ1) is 10.5. The summed E-state index contributed by atoms with van der Waals surface area (Å²) in [4.78, 5) is 22.8. The van der Waals surface area contributed by atoms with E-state index in [0.717, 1.165) is 12.0 Å². The van der Waals surface area contributed by atoms with Gasteiger partial charge in [0.2, 0.25) is 0 Å². The molecule has 4 nitrogen and oxygen atoms in total.